The average molecular weight is 343 g/mol. The van der Waals surface area contributed by atoms with E-state index >= 15 is 0 Å². The number of carbonyl (C=O) groups is 1. The number of carbonyl (C=O) groups excluding carboxylic acids is 1. The van der Waals surface area contributed by atoms with E-state index in [9.17, 15) is 4.79 Å². The highest BCUT2D eigenvalue weighted by Crippen LogP contribution is 2.41. The maximum Gasteiger partial charge on any atom is 0.240 e. The fourth-order valence-electron chi connectivity index (χ4n) is 3.09. The number of nitrogens with two attached hydrogens (primary N) is 1. The molecule has 1 saturated heterocycles. The molecule has 2 fully saturated rings. The van der Waals surface area contributed by atoms with Gasteiger partial charge < -0.3 is 10.7 Å². The summed E-state index contributed by atoms with van der Waals surface area (Å²) in [6.45, 7) is 1.68. The number of rotatable bonds is 5. The summed E-state index contributed by atoms with van der Waals surface area (Å²) >= 11 is 1.40. The Morgan fingerprint density at radius 3 is 2.54 bits per heavy atom. The molecule has 2 N–H and O–H groups in total. The van der Waals surface area contributed by atoms with Crippen LogP contribution in [0.2, 0.25) is 0 Å². The molecule has 0 spiro atoms. The first-order valence-corrected chi connectivity index (χ1v) is 9.33. The topological polar surface area (TPSA) is 77.0 Å². The van der Waals surface area contributed by atoms with Gasteiger partial charge in [-0.25, -0.2) is 4.68 Å². The van der Waals surface area contributed by atoms with Crippen LogP contribution in [0.15, 0.2) is 35.5 Å². The predicted octanol–water partition coefficient (Wildman–Crippen LogP) is 2.33. The molecule has 6 nitrogen and oxygen atoms in total. The normalized spacial score (nSPS) is 18.8. The molecule has 0 unspecified atom stereocenters. The minimum absolute atomic E-state index is 0.139. The summed E-state index contributed by atoms with van der Waals surface area (Å²) in [6.07, 6.45) is 4.40. The number of nitrogens with zero attached hydrogens (tertiary/aromatic N) is 4. The van der Waals surface area contributed by atoms with E-state index in [1.165, 1.54) is 11.8 Å². The molecule has 2 aromatic rings. The Morgan fingerprint density at radius 2 is 1.88 bits per heavy atom. The van der Waals surface area contributed by atoms with E-state index in [2.05, 4.69) is 10.2 Å². The molecule has 1 amide bonds. The second kappa shape index (κ2) is 6.47. The van der Waals surface area contributed by atoms with Crippen LogP contribution in [0.4, 0.5) is 0 Å². The van der Waals surface area contributed by atoms with Crippen molar-refractivity contribution in [1.82, 2.24) is 19.8 Å². The minimum Gasteiger partial charge on any atom is -0.341 e. The van der Waals surface area contributed by atoms with Crippen LogP contribution in [0.1, 0.15) is 48.2 Å². The molecule has 2 heterocycles. The highest BCUT2D eigenvalue weighted by Gasteiger charge is 2.33. The van der Waals surface area contributed by atoms with Crippen LogP contribution in [-0.4, -0.2) is 38.8 Å². The SMILES string of the molecule is Nn1c(S[C@H](C(=O)N2CCCC2)c2ccccc2)nnc1C1CC1. The Balaban J connectivity index is 1.61. The molecule has 24 heavy (non-hydrogen) atoms. The van der Waals surface area contributed by atoms with Gasteiger partial charge in [0.05, 0.1) is 0 Å². The maximum absolute atomic E-state index is 13.0. The van der Waals surface area contributed by atoms with Gasteiger partial charge in [-0.15, -0.1) is 10.2 Å². The second-order valence-corrected chi connectivity index (χ2v) is 7.50. The van der Waals surface area contributed by atoms with Crippen LogP contribution in [-0.2, 0) is 4.79 Å². The minimum atomic E-state index is -0.331. The molecule has 4 rings (SSSR count). The Hall–Kier alpha value is -2.02. The van der Waals surface area contributed by atoms with E-state index in [4.69, 9.17) is 5.84 Å². The van der Waals surface area contributed by atoms with Crippen molar-refractivity contribution >= 4 is 17.7 Å². The molecule has 1 atom stereocenters. The molecule has 2 aliphatic rings. The lowest BCUT2D eigenvalue weighted by Crippen LogP contribution is -2.31. The molecule has 1 aromatic heterocycles. The van der Waals surface area contributed by atoms with Crippen molar-refractivity contribution in [2.24, 2.45) is 0 Å². The summed E-state index contributed by atoms with van der Waals surface area (Å²) in [7, 11) is 0. The summed E-state index contributed by atoms with van der Waals surface area (Å²) in [6, 6.07) is 9.86. The molecular weight excluding hydrogens is 322 g/mol. The summed E-state index contributed by atoms with van der Waals surface area (Å²) in [5.74, 6) is 7.57. The molecule has 0 bridgehead atoms. The van der Waals surface area contributed by atoms with Crippen molar-refractivity contribution in [2.45, 2.75) is 42.0 Å². The molecule has 1 aliphatic carbocycles. The zero-order valence-corrected chi connectivity index (χ0v) is 14.3. The number of nitrogen functional groups attached to an aromatic ring is 1. The van der Waals surface area contributed by atoms with E-state index < -0.39 is 0 Å². The third-order valence-corrected chi connectivity index (χ3v) is 5.80. The number of amides is 1. The lowest BCUT2D eigenvalue weighted by atomic mass is 10.1. The summed E-state index contributed by atoms with van der Waals surface area (Å²) in [5, 5.41) is 8.73. The fraction of sp³-hybridized carbons (Fsp3) is 0.471. The van der Waals surface area contributed by atoms with Crippen LogP contribution in [0.3, 0.4) is 0 Å². The molecule has 1 aromatic carbocycles. The smallest absolute Gasteiger partial charge is 0.240 e. The molecule has 1 aliphatic heterocycles. The van der Waals surface area contributed by atoms with Gasteiger partial charge in [0.25, 0.3) is 0 Å². The zero-order chi connectivity index (χ0) is 16.5. The van der Waals surface area contributed by atoms with Crippen LogP contribution >= 0.6 is 11.8 Å². The lowest BCUT2D eigenvalue weighted by Gasteiger charge is -2.22. The molecule has 0 radical (unpaired) electrons. The molecular formula is C17H21N5OS. The molecule has 7 heteroatoms. The van der Waals surface area contributed by atoms with E-state index in [-0.39, 0.29) is 11.2 Å². The number of likely N-dealkylation sites (tertiary alicyclic amines) is 1. The van der Waals surface area contributed by atoms with Gasteiger partial charge in [-0.3, -0.25) is 4.79 Å². The number of aromatic nitrogens is 3. The number of benzene rings is 1. The van der Waals surface area contributed by atoms with Crippen molar-refractivity contribution in [3.8, 4) is 0 Å². The number of hydrogen-bond donors (Lipinski definition) is 1. The second-order valence-electron chi connectivity index (χ2n) is 6.43. The first-order chi connectivity index (χ1) is 11.7. The lowest BCUT2D eigenvalue weighted by molar-refractivity contribution is -0.129. The first kappa shape index (κ1) is 15.5. The largest absolute Gasteiger partial charge is 0.341 e. The number of thioether (sulfide) groups is 1. The van der Waals surface area contributed by atoms with E-state index in [1.807, 2.05) is 35.2 Å². The number of hydrogen-bond acceptors (Lipinski definition) is 5. The highest BCUT2D eigenvalue weighted by atomic mass is 32.2. The third-order valence-electron chi connectivity index (χ3n) is 4.60. The Kier molecular flexibility index (Phi) is 4.18. The van der Waals surface area contributed by atoms with Crippen LogP contribution in [0.5, 0.6) is 0 Å². The van der Waals surface area contributed by atoms with Gasteiger partial charge in [0.2, 0.25) is 11.1 Å². The Labute approximate surface area is 145 Å². The average Bonchev–Trinajstić information content (AvgIpc) is 3.17. The van der Waals surface area contributed by atoms with Crippen molar-refractivity contribution in [3.63, 3.8) is 0 Å². The van der Waals surface area contributed by atoms with Crippen molar-refractivity contribution in [2.75, 3.05) is 18.9 Å². The molecule has 126 valence electrons. The standard InChI is InChI=1S/C17H21N5OS/c18-22-15(13-8-9-13)19-20-17(22)24-14(12-6-2-1-3-7-12)16(23)21-10-4-5-11-21/h1-3,6-7,13-14H,4-5,8-11,18H2/t14-/m0/s1. The fourth-order valence-corrected chi connectivity index (χ4v) is 4.14. The molecule has 1 saturated carbocycles. The van der Waals surface area contributed by atoms with Gasteiger partial charge in [-0.2, -0.15) is 0 Å². The van der Waals surface area contributed by atoms with Gasteiger partial charge in [-0.1, -0.05) is 42.1 Å². The van der Waals surface area contributed by atoms with Gasteiger partial charge in [0.15, 0.2) is 5.82 Å². The van der Waals surface area contributed by atoms with E-state index in [1.54, 1.807) is 4.68 Å². The highest BCUT2D eigenvalue weighted by molar-refractivity contribution is 8.00. The van der Waals surface area contributed by atoms with Crippen LogP contribution in [0.25, 0.3) is 0 Å². The van der Waals surface area contributed by atoms with Crippen molar-refractivity contribution in [1.29, 1.82) is 0 Å². The summed E-state index contributed by atoms with van der Waals surface area (Å²) in [5.41, 5.74) is 0.982. The maximum atomic E-state index is 13.0. The first-order valence-electron chi connectivity index (χ1n) is 8.45. The Morgan fingerprint density at radius 1 is 1.17 bits per heavy atom. The quantitative estimate of drug-likeness (QED) is 0.666. The van der Waals surface area contributed by atoms with Gasteiger partial charge in [-0.05, 0) is 31.2 Å². The van der Waals surface area contributed by atoms with Crippen molar-refractivity contribution in [3.05, 3.63) is 41.7 Å². The zero-order valence-electron chi connectivity index (χ0n) is 13.5. The van der Waals surface area contributed by atoms with Crippen LogP contribution in [0, 0.1) is 0 Å². The summed E-state index contributed by atoms with van der Waals surface area (Å²) < 4.78 is 1.57. The van der Waals surface area contributed by atoms with Crippen LogP contribution < -0.4 is 5.84 Å². The predicted molar refractivity (Wildman–Crippen MR) is 93.0 cm³/mol. The monoisotopic (exact) mass is 343 g/mol. The summed E-state index contributed by atoms with van der Waals surface area (Å²) in [4.78, 5) is 15.0. The Bertz CT molecular complexity index is 722. The third kappa shape index (κ3) is 3.00. The van der Waals surface area contributed by atoms with Gasteiger partial charge in [0, 0.05) is 19.0 Å². The van der Waals surface area contributed by atoms with Gasteiger partial charge in [0.1, 0.15) is 5.25 Å². The van der Waals surface area contributed by atoms with Gasteiger partial charge >= 0.3 is 0 Å². The van der Waals surface area contributed by atoms with E-state index in [0.717, 1.165) is 50.2 Å². The van der Waals surface area contributed by atoms with E-state index in [0.29, 0.717) is 11.1 Å². The van der Waals surface area contributed by atoms with Crippen molar-refractivity contribution < 1.29 is 4.79 Å².